The Balaban J connectivity index is 3.09. The van der Waals surface area contributed by atoms with Crippen LogP contribution in [-0.2, 0) is 4.79 Å². The number of rotatable bonds is 7. The number of benzene rings is 1. The third kappa shape index (κ3) is 4.35. The lowest BCUT2D eigenvalue weighted by atomic mass is 10.1. The Kier molecular flexibility index (Phi) is 5.98. The Labute approximate surface area is 123 Å². The SMILES string of the molecule is CCC(N)CC(=O)Nc1cc(OC)c(OC)cc1C(=O)O. The lowest BCUT2D eigenvalue weighted by molar-refractivity contribution is -0.116. The zero-order valence-corrected chi connectivity index (χ0v) is 12.3. The van der Waals surface area contributed by atoms with Crippen molar-refractivity contribution < 1.29 is 24.2 Å². The van der Waals surface area contributed by atoms with Gasteiger partial charge < -0.3 is 25.6 Å². The van der Waals surface area contributed by atoms with Crippen LogP contribution in [-0.4, -0.2) is 37.2 Å². The molecule has 116 valence electrons. The number of hydrogen-bond acceptors (Lipinski definition) is 5. The van der Waals surface area contributed by atoms with Crippen molar-refractivity contribution in [2.45, 2.75) is 25.8 Å². The molecular formula is C14H20N2O5. The minimum atomic E-state index is -1.17. The summed E-state index contributed by atoms with van der Waals surface area (Å²) in [6.07, 6.45) is 0.773. The van der Waals surface area contributed by atoms with Crippen LogP contribution in [0.25, 0.3) is 0 Å². The van der Waals surface area contributed by atoms with Crippen molar-refractivity contribution in [3.63, 3.8) is 0 Å². The summed E-state index contributed by atoms with van der Waals surface area (Å²) in [4.78, 5) is 23.1. The predicted molar refractivity (Wildman–Crippen MR) is 78.0 cm³/mol. The topological polar surface area (TPSA) is 111 Å². The summed E-state index contributed by atoms with van der Waals surface area (Å²) >= 11 is 0. The van der Waals surface area contributed by atoms with Gasteiger partial charge in [-0.1, -0.05) is 6.92 Å². The Bertz CT molecular complexity index is 530. The van der Waals surface area contributed by atoms with Gasteiger partial charge in [0.2, 0.25) is 5.91 Å². The first-order chi connectivity index (χ1) is 9.92. The molecule has 0 aliphatic carbocycles. The molecule has 0 aliphatic rings. The van der Waals surface area contributed by atoms with E-state index in [0.29, 0.717) is 12.2 Å². The molecule has 0 heterocycles. The van der Waals surface area contributed by atoms with Crippen molar-refractivity contribution in [3.8, 4) is 11.5 Å². The molecule has 1 aromatic rings. The van der Waals surface area contributed by atoms with Crippen LogP contribution >= 0.6 is 0 Å². The quantitative estimate of drug-likeness (QED) is 0.702. The van der Waals surface area contributed by atoms with Crippen LogP contribution in [0.15, 0.2) is 12.1 Å². The first-order valence-electron chi connectivity index (χ1n) is 6.47. The fraction of sp³-hybridized carbons (Fsp3) is 0.429. The van der Waals surface area contributed by atoms with Gasteiger partial charge in [-0.15, -0.1) is 0 Å². The van der Waals surface area contributed by atoms with Gasteiger partial charge in [0.05, 0.1) is 25.5 Å². The van der Waals surface area contributed by atoms with Crippen LogP contribution < -0.4 is 20.5 Å². The van der Waals surface area contributed by atoms with E-state index >= 15 is 0 Å². The van der Waals surface area contributed by atoms with E-state index in [1.54, 1.807) is 0 Å². The highest BCUT2D eigenvalue weighted by Gasteiger charge is 2.18. The van der Waals surface area contributed by atoms with Crippen molar-refractivity contribution in [2.75, 3.05) is 19.5 Å². The first kappa shape index (κ1) is 16.8. The van der Waals surface area contributed by atoms with Gasteiger partial charge in [-0.25, -0.2) is 4.79 Å². The molecule has 1 aromatic carbocycles. The van der Waals surface area contributed by atoms with E-state index in [-0.39, 0.29) is 35.4 Å². The number of carbonyl (C=O) groups excluding carboxylic acids is 1. The molecule has 0 saturated carbocycles. The Morgan fingerprint density at radius 1 is 1.29 bits per heavy atom. The molecule has 21 heavy (non-hydrogen) atoms. The monoisotopic (exact) mass is 296 g/mol. The average Bonchev–Trinajstić information content (AvgIpc) is 2.45. The van der Waals surface area contributed by atoms with Gasteiger partial charge >= 0.3 is 5.97 Å². The van der Waals surface area contributed by atoms with Gasteiger partial charge in [0.25, 0.3) is 0 Å². The molecule has 1 amide bonds. The molecule has 7 nitrogen and oxygen atoms in total. The van der Waals surface area contributed by atoms with E-state index in [4.69, 9.17) is 15.2 Å². The molecule has 1 unspecified atom stereocenters. The normalized spacial score (nSPS) is 11.6. The molecule has 0 saturated heterocycles. The van der Waals surface area contributed by atoms with Gasteiger partial charge in [0.1, 0.15) is 0 Å². The zero-order chi connectivity index (χ0) is 16.0. The number of nitrogens with one attached hydrogen (secondary N) is 1. The largest absolute Gasteiger partial charge is 0.493 e. The van der Waals surface area contributed by atoms with E-state index in [2.05, 4.69) is 5.32 Å². The van der Waals surface area contributed by atoms with Crippen LogP contribution in [0.1, 0.15) is 30.1 Å². The highest BCUT2D eigenvalue weighted by molar-refractivity contribution is 6.01. The molecule has 0 spiro atoms. The molecular weight excluding hydrogens is 276 g/mol. The zero-order valence-electron chi connectivity index (χ0n) is 12.3. The molecule has 7 heteroatoms. The lowest BCUT2D eigenvalue weighted by Gasteiger charge is -2.14. The molecule has 0 aromatic heterocycles. The maximum absolute atomic E-state index is 11.9. The number of methoxy groups -OCH3 is 2. The van der Waals surface area contributed by atoms with E-state index < -0.39 is 5.97 Å². The van der Waals surface area contributed by atoms with Crippen LogP contribution in [0.4, 0.5) is 5.69 Å². The molecule has 0 fully saturated rings. The van der Waals surface area contributed by atoms with Gasteiger partial charge in [-0.3, -0.25) is 4.79 Å². The summed E-state index contributed by atoms with van der Waals surface area (Å²) in [6, 6.07) is 2.45. The third-order valence-corrected chi connectivity index (χ3v) is 3.00. The molecule has 4 N–H and O–H groups in total. The summed E-state index contributed by atoms with van der Waals surface area (Å²) < 4.78 is 10.1. The standard InChI is InChI=1S/C14H20N2O5/c1-4-8(15)5-13(17)16-10-7-12(21-3)11(20-2)6-9(10)14(18)19/h6-8H,4-5,15H2,1-3H3,(H,16,17)(H,18,19). The van der Waals surface area contributed by atoms with Crippen LogP contribution in [0.5, 0.6) is 11.5 Å². The number of amides is 1. The van der Waals surface area contributed by atoms with E-state index in [9.17, 15) is 14.7 Å². The molecule has 0 bridgehead atoms. The third-order valence-electron chi connectivity index (χ3n) is 3.00. The number of anilines is 1. The van der Waals surface area contributed by atoms with Crippen molar-refractivity contribution in [2.24, 2.45) is 5.73 Å². The van der Waals surface area contributed by atoms with Crippen molar-refractivity contribution >= 4 is 17.6 Å². The van der Waals surface area contributed by atoms with Crippen LogP contribution in [0.2, 0.25) is 0 Å². The Morgan fingerprint density at radius 3 is 2.33 bits per heavy atom. The van der Waals surface area contributed by atoms with Crippen molar-refractivity contribution in [1.29, 1.82) is 0 Å². The second kappa shape index (κ2) is 7.49. The Hall–Kier alpha value is -2.28. The second-order valence-corrected chi connectivity index (χ2v) is 4.48. The van der Waals surface area contributed by atoms with E-state index in [0.717, 1.165) is 0 Å². The summed E-state index contributed by atoms with van der Waals surface area (Å²) in [5.41, 5.74) is 5.77. The number of hydrogen-bond donors (Lipinski definition) is 3. The number of carboxylic acid groups (broad SMARTS) is 1. The summed E-state index contributed by atoms with van der Waals surface area (Å²) in [5.74, 6) is -0.916. The van der Waals surface area contributed by atoms with Crippen molar-refractivity contribution in [1.82, 2.24) is 0 Å². The average molecular weight is 296 g/mol. The lowest BCUT2D eigenvalue weighted by Crippen LogP contribution is -2.26. The summed E-state index contributed by atoms with van der Waals surface area (Å²) in [5, 5.41) is 11.8. The highest BCUT2D eigenvalue weighted by Crippen LogP contribution is 2.33. The van der Waals surface area contributed by atoms with Crippen LogP contribution in [0.3, 0.4) is 0 Å². The number of ether oxygens (including phenoxy) is 2. The minimum absolute atomic E-state index is 0.0777. The first-order valence-corrected chi connectivity index (χ1v) is 6.47. The molecule has 0 aliphatic heterocycles. The van der Waals surface area contributed by atoms with Crippen molar-refractivity contribution in [3.05, 3.63) is 17.7 Å². The predicted octanol–water partition coefficient (Wildman–Crippen LogP) is 1.47. The fourth-order valence-corrected chi connectivity index (χ4v) is 1.74. The van der Waals surface area contributed by atoms with Gasteiger partial charge in [-0.2, -0.15) is 0 Å². The van der Waals surface area contributed by atoms with Gasteiger partial charge in [0, 0.05) is 24.6 Å². The van der Waals surface area contributed by atoms with E-state index in [1.165, 1.54) is 26.4 Å². The molecule has 0 radical (unpaired) electrons. The number of carbonyl (C=O) groups is 2. The number of nitrogens with two attached hydrogens (primary N) is 1. The van der Waals surface area contributed by atoms with Gasteiger partial charge in [0.15, 0.2) is 11.5 Å². The molecule has 1 rings (SSSR count). The summed E-state index contributed by atoms with van der Waals surface area (Å²) in [6.45, 7) is 1.87. The smallest absolute Gasteiger partial charge is 0.337 e. The maximum atomic E-state index is 11.9. The maximum Gasteiger partial charge on any atom is 0.337 e. The minimum Gasteiger partial charge on any atom is -0.493 e. The van der Waals surface area contributed by atoms with Crippen LogP contribution in [0, 0.1) is 0 Å². The number of carboxylic acids is 1. The Morgan fingerprint density at radius 2 is 1.86 bits per heavy atom. The van der Waals surface area contributed by atoms with E-state index in [1.807, 2.05) is 6.92 Å². The highest BCUT2D eigenvalue weighted by atomic mass is 16.5. The molecule has 1 atom stereocenters. The second-order valence-electron chi connectivity index (χ2n) is 4.48. The summed E-state index contributed by atoms with van der Waals surface area (Å²) in [7, 11) is 2.83. The fourth-order valence-electron chi connectivity index (χ4n) is 1.74. The van der Waals surface area contributed by atoms with Gasteiger partial charge in [-0.05, 0) is 6.42 Å². The number of aromatic carboxylic acids is 1.